The highest BCUT2D eigenvalue weighted by atomic mass is 16.3. The number of amides is 1. The van der Waals surface area contributed by atoms with Gasteiger partial charge in [0.25, 0.3) is 0 Å². The number of aliphatic hydroxyl groups excluding tert-OH is 1. The molecule has 1 amide bonds. The van der Waals surface area contributed by atoms with E-state index in [9.17, 15) is 9.90 Å². The van der Waals surface area contributed by atoms with Crippen LogP contribution in [0.1, 0.15) is 24.4 Å². The molecule has 2 aromatic rings. The van der Waals surface area contributed by atoms with E-state index in [1.807, 2.05) is 42.5 Å². The van der Waals surface area contributed by atoms with Crippen molar-refractivity contribution in [3.8, 4) is 11.1 Å². The molecular formula is C20H25N3O2. The number of benzene rings is 2. The molecule has 1 saturated heterocycles. The smallest absolute Gasteiger partial charge is 0.224 e. The van der Waals surface area contributed by atoms with Crippen molar-refractivity contribution in [2.45, 2.75) is 31.0 Å². The molecular weight excluding hydrogens is 314 g/mol. The van der Waals surface area contributed by atoms with E-state index in [0.29, 0.717) is 19.5 Å². The summed E-state index contributed by atoms with van der Waals surface area (Å²) in [5.41, 5.74) is 15.3. The van der Waals surface area contributed by atoms with Crippen LogP contribution in [-0.2, 0) is 4.79 Å². The predicted octanol–water partition coefficient (Wildman–Crippen LogP) is 1.66. The highest BCUT2D eigenvalue weighted by molar-refractivity contribution is 5.77. The molecule has 1 fully saturated rings. The molecule has 2 aromatic carbocycles. The van der Waals surface area contributed by atoms with Gasteiger partial charge in [-0.05, 0) is 23.1 Å². The molecule has 25 heavy (non-hydrogen) atoms. The van der Waals surface area contributed by atoms with Crippen molar-refractivity contribution in [2.24, 2.45) is 11.5 Å². The summed E-state index contributed by atoms with van der Waals surface area (Å²) in [5.74, 6) is -0.0613. The lowest BCUT2D eigenvalue weighted by Crippen LogP contribution is -2.51. The number of nitrogens with two attached hydrogens (primary N) is 2. The number of piperidine rings is 1. The van der Waals surface area contributed by atoms with Crippen LogP contribution in [0.3, 0.4) is 0 Å². The Labute approximate surface area is 148 Å². The van der Waals surface area contributed by atoms with E-state index in [1.54, 1.807) is 4.90 Å². The fraction of sp³-hybridized carbons (Fsp3) is 0.350. The second kappa shape index (κ2) is 7.78. The van der Waals surface area contributed by atoms with Crippen LogP contribution >= 0.6 is 0 Å². The van der Waals surface area contributed by atoms with Gasteiger partial charge in [0, 0.05) is 31.6 Å². The quantitative estimate of drug-likeness (QED) is 0.790. The normalized spacial score (nSPS) is 21.8. The number of rotatable bonds is 4. The number of likely N-dealkylation sites (tertiary alicyclic amines) is 1. The molecule has 5 N–H and O–H groups in total. The summed E-state index contributed by atoms with van der Waals surface area (Å²) in [4.78, 5) is 14.1. The number of nitrogens with zero attached hydrogens (tertiary/aromatic N) is 1. The molecule has 132 valence electrons. The van der Waals surface area contributed by atoms with Gasteiger partial charge in [0.05, 0.1) is 6.10 Å². The minimum atomic E-state index is -0.547. The van der Waals surface area contributed by atoms with Crippen LogP contribution in [0.2, 0.25) is 0 Å². The number of hydrogen-bond donors (Lipinski definition) is 3. The summed E-state index contributed by atoms with van der Waals surface area (Å²) in [6.45, 7) is 0.821. The van der Waals surface area contributed by atoms with Gasteiger partial charge in [0.2, 0.25) is 5.91 Å². The van der Waals surface area contributed by atoms with Crippen LogP contribution < -0.4 is 11.5 Å². The Morgan fingerprint density at radius 3 is 2.36 bits per heavy atom. The van der Waals surface area contributed by atoms with E-state index in [0.717, 1.165) is 16.7 Å². The monoisotopic (exact) mass is 339 g/mol. The van der Waals surface area contributed by atoms with Crippen molar-refractivity contribution in [3.05, 3.63) is 60.2 Å². The molecule has 1 heterocycles. The second-order valence-electron chi connectivity index (χ2n) is 6.75. The molecule has 0 spiro atoms. The van der Waals surface area contributed by atoms with Gasteiger partial charge in [0.1, 0.15) is 0 Å². The highest BCUT2D eigenvalue weighted by Gasteiger charge is 2.27. The Bertz CT molecular complexity index is 693. The zero-order valence-corrected chi connectivity index (χ0v) is 14.2. The zero-order valence-electron chi connectivity index (χ0n) is 14.2. The first-order valence-electron chi connectivity index (χ1n) is 8.65. The van der Waals surface area contributed by atoms with Crippen LogP contribution in [0.4, 0.5) is 0 Å². The fourth-order valence-corrected chi connectivity index (χ4v) is 3.30. The maximum atomic E-state index is 12.4. The molecule has 0 radical (unpaired) electrons. The molecule has 1 aliphatic heterocycles. The SMILES string of the molecule is NC1CC(O)CN(C(=O)C[C@@H](N)c2ccc(-c3ccccc3)cc2)C1. The first-order chi connectivity index (χ1) is 12.0. The Hall–Kier alpha value is -2.21. The van der Waals surface area contributed by atoms with Gasteiger partial charge in [-0.25, -0.2) is 0 Å². The minimum absolute atomic E-state index is 0.0613. The number of carbonyl (C=O) groups excluding carboxylic acids is 1. The van der Waals surface area contributed by atoms with Crippen molar-refractivity contribution in [1.29, 1.82) is 0 Å². The van der Waals surface area contributed by atoms with Crippen molar-refractivity contribution in [1.82, 2.24) is 4.90 Å². The molecule has 0 aromatic heterocycles. The number of carbonyl (C=O) groups is 1. The van der Waals surface area contributed by atoms with Gasteiger partial charge in [-0.1, -0.05) is 54.6 Å². The summed E-state index contributed by atoms with van der Waals surface area (Å²) < 4.78 is 0. The Kier molecular flexibility index (Phi) is 5.48. The molecule has 0 bridgehead atoms. The fourth-order valence-electron chi connectivity index (χ4n) is 3.30. The van der Waals surface area contributed by atoms with Crippen LogP contribution in [0.5, 0.6) is 0 Å². The molecule has 0 aliphatic carbocycles. The lowest BCUT2D eigenvalue weighted by Gasteiger charge is -2.34. The van der Waals surface area contributed by atoms with Crippen molar-refractivity contribution in [2.75, 3.05) is 13.1 Å². The predicted molar refractivity (Wildman–Crippen MR) is 98.6 cm³/mol. The van der Waals surface area contributed by atoms with Crippen LogP contribution in [0.15, 0.2) is 54.6 Å². The zero-order chi connectivity index (χ0) is 17.8. The molecule has 3 atom stereocenters. The maximum absolute atomic E-state index is 12.4. The van der Waals surface area contributed by atoms with Crippen molar-refractivity contribution < 1.29 is 9.90 Å². The van der Waals surface area contributed by atoms with Gasteiger partial charge in [-0.15, -0.1) is 0 Å². The van der Waals surface area contributed by atoms with E-state index in [4.69, 9.17) is 11.5 Å². The highest BCUT2D eigenvalue weighted by Crippen LogP contribution is 2.23. The molecule has 5 heteroatoms. The molecule has 5 nitrogen and oxygen atoms in total. The van der Waals surface area contributed by atoms with Crippen LogP contribution in [-0.4, -0.2) is 41.1 Å². The third-order valence-corrected chi connectivity index (χ3v) is 4.65. The molecule has 1 aliphatic rings. The first kappa shape index (κ1) is 17.6. The summed E-state index contributed by atoms with van der Waals surface area (Å²) in [5, 5.41) is 9.78. The second-order valence-corrected chi connectivity index (χ2v) is 6.75. The summed E-state index contributed by atoms with van der Waals surface area (Å²) in [7, 11) is 0. The van der Waals surface area contributed by atoms with Crippen molar-refractivity contribution in [3.63, 3.8) is 0 Å². The van der Waals surface area contributed by atoms with Crippen LogP contribution in [0, 0.1) is 0 Å². The third-order valence-electron chi connectivity index (χ3n) is 4.65. The van der Waals surface area contributed by atoms with E-state index < -0.39 is 6.10 Å². The summed E-state index contributed by atoms with van der Waals surface area (Å²) >= 11 is 0. The largest absolute Gasteiger partial charge is 0.391 e. The summed E-state index contributed by atoms with van der Waals surface area (Å²) in [6.07, 6.45) is 0.204. The number of aliphatic hydroxyl groups is 1. The number of hydrogen-bond acceptors (Lipinski definition) is 4. The maximum Gasteiger partial charge on any atom is 0.224 e. The standard InChI is InChI=1S/C20H25N3O2/c21-17-10-18(24)13-23(12-17)20(25)11-19(22)16-8-6-15(7-9-16)14-4-2-1-3-5-14/h1-9,17-19,24H,10-13,21-22H2/t17?,18?,19-/m1/s1. The molecule has 2 unspecified atom stereocenters. The number of β-amino-alcohol motifs (C(OH)–C–C–N with tert-alkyl or cyclic N) is 1. The van der Waals surface area contributed by atoms with Gasteiger partial charge in [0.15, 0.2) is 0 Å². The van der Waals surface area contributed by atoms with Gasteiger partial charge >= 0.3 is 0 Å². The van der Waals surface area contributed by atoms with Gasteiger partial charge in [-0.3, -0.25) is 4.79 Å². The summed E-state index contributed by atoms with van der Waals surface area (Å²) in [6, 6.07) is 17.6. The Balaban J connectivity index is 1.63. The van der Waals surface area contributed by atoms with E-state index in [-0.39, 0.29) is 24.4 Å². The van der Waals surface area contributed by atoms with E-state index >= 15 is 0 Å². The van der Waals surface area contributed by atoms with Crippen molar-refractivity contribution >= 4 is 5.91 Å². The Morgan fingerprint density at radius 2 is 1.72 bits per heavy atom. The Morgan fingerprint density at radius 1 is 1.08 bits per heavy atom. The van der Waals surface area contributed by atoms with E-state index in [2.05, 4.69) is 12.1 Å². The molecule has 3 rings (SSSR count). The first-order valence-corrected chi connectivity index (χ1v) is 8.65. The lowest BCUT2D eigenvalue weighted by atomic mass is 9.98. The van der Waals surface area contributed by atoms with E-state index in [1.165, 1.54) is 0 Å². The average molecular weight is 339 g/mol. The topological polar surface area (TPSA) is 92.6 Å². The van der Waals surface area contributed by atoms with Crippen LogP contribution in [0.25, 0.3) is 11.1 Å². The van der Waals surface area contributed by atoms with Gasteiger partial charge in [-0.2, -0.15) is 0 Å². The third kappa shape index (κ3) is 4.45. The minimum Gasteiger partial charge on any atom is -0.391 e. The molecule has 0 saturated carbocycles. The average Bonchev–Trinajstić information content (AvgIpc) is 2.61. The van der Waals surface area contributed by atoms with Gasteiger partial charge < -0.3 is 21.5 Å². The lowest BCUT2D eigenvalue weighted by molar-refractivity contribution is -0.135.